The van der Waals surface area contributed by atoms with E-state index < -0.39 is 5.97 Å². The Balaban J connectivity index is 1.99. The van der Waals surface area contributed by atoms with Gasteiger partial charge in [-0.05, 0) is 43.5 Å². The van der Waals surface area contributed by atoms with Crippen molar-refractivity contribution in [2.24, 2.45) is 0 Å². The number of aromatic carboxylic acids is 1. The second kappa shape index (κ2) is 5.77. The molecule has 0 saturated carbocycles. The second-order valence-corrected chi connectivity index (χ2v) is 4.84. The molecule has 0 spiro atoms. The number of nitrogens with zero attached hydrogens (tertiary/aromatic N) is 1. The molecular weight excluding hydrogens is 256 g/mol. The van der Waals surface area contributed by atoms with Crippen LogP contribution in [0.25, 0.3) is 0 Å². The molecule has 2 N–H and O–H groups in total. The molecule has 2 aromatic rings. The Hall–Kier alpha value is -2.30. The highest BCUT2D eigenvalue weighted by Gasteiger charge is 2.09. The Bertz CT molecular complexity index is 632. The number of aromatic amines is 1. The van der Waals surface area contributed by atoms with Gasteiger partial charge in [-0.2, -0.15) is 5.10 Å². The van der Waals surface area contributed by atoms with Gasteiger partial charge in [0.1, 0.15) is 5.75 Å². The highest BCUT2D eigenvalue weighted by atomic mass is 16.5. The molecule has 0 unspecified atom stereocenters. The number of aromatic nitrogens is 2. The number of carbonyl (C=O) groups is 1. The zero-order chi connectivity index (χ0) is 14.7. The Labute approximate surface area is 117 Å². The maximum absolute atomic E-state index is 10.7. The number of aryl methyl sites for hydroxylation is 2. The van der Waals surface area contributed by atoms with Crippen LogP contribution in [0.15, 0.2) is 18.2 Å². The summed E-state index contributed by atoms with van der Waals surface area (Å²) in [7, 11) is 0. The molecule has 0 aliphatic carbocycles. The lowest BCUT2D eigenvalue weighted by Gasteiger charge is -2.13. The standard InChI is InChI=1S/C15H18N2O3/c1-9-4-5-10(2)14(11(9)3)20-7-6-12-8-13(15(18)19)17-16-12/h4-5,8H,6-7H2,1-3H3,(H,16,17)(H,18,19). The summed E-state index contributed by atoms with van der Waals surface area (Å²) in [5.74, 6) is -0.123. The lowest BCUT2D eigenvalue weighted by atomic mass is 10.1. The monoisotopic (exact) mass is 274 g/mol. The zero-order valence-electron chi connectivity index (χ0n) is 11.9. The second-order valence-electron chi connectivity index (χ2n) is 4.84. The Morgan fingerprint density at radius 1 is 1.30 bits per heavy atom. The molecule has 1 heterocycles. The summed E-state index contributed by atoms with van der Waals surface area (Å²) in [5.41, 5.74) is 4.22. The minimum Gasteiger partial charge on any atom is -0.493 e. The van der Waals surface area contributed by atoms with Crippen molar-refractivity contribution < 1.29 is 14.6 Å². The predicted octanol–water partition coefficient (Wildman–Crippen LogP) is 2.65. The Morgan fingerprint density at radius 3 is 2.65 bits per heavy atom. The first-order valence-electron chi connectivity index (χ1n) is 6.46. The third-order valence-corrected chi connectivity index (χ3v) is 3.34. The van der Waals surface area contributed by atoms with Crippen LogP contribution in [0.1, 0.15) is 32.9 Å². The number of nitrogens with one attached hydrogen (secondary N) is 1. The number of hydrogen-bond acceptors (Lipinski definition) is 3. The van der Waals surface area contributed by atoms with Crippen molar-refractivity contribution >= 4 is 5.97 Å². The smallest absolute Gasteiger partial charge is 0.356 e. The van der Waals surface area contributed by atoms with E-state index in [1.165, 1.54) is 11.6 Å². The van der Waals surface area contributed by atoms with Crippen LogP contribution in [0.4, 0.5) is 0 Å². The van der Waals surface area contributed by atoms with E-state index >= 15 is 0 Å². The number of H-pyrrole nitrogens is 1. The van der Waals surface area contributed by atoms with Crippen molar-refractivity contribution in [3.05, 3.63) is 46.3 Å². The van der Waals surface area contributed by atoms with E-state index in [0.717, 1.165) is 22.6 Å². The van der Waals surface area contributed by atoms with Crippen molar-refractivity contribution in [3.8, 4) is 5.75 Å². The van der Waals surface area contributed by atoms with Gasteiger partial charge < -0.3 is 9.84 Å². The molecule has 0 saturated heterocycles. The average molecular weight is 274 g/mol. The molecule has 0 radical (unpaired) electrons. The molecule has 2 rings (SSSR count). The summed E-state index contributed by atoms with van der Waals surface area (Å²) in [5, 5.41) is 15.2. The first kappa shape index (κ1) is 14.1. The fourth-order valence-corrected chi connectivity index (χ4v) is 2.01. The van der Waals surface area contributed by atoms with E-state index in [-0.39, 0.29) is 5.69 Å². The number of ether oxygens (including phenoxy) is 1. The van der Waals surface area contributed by atoms with E-state index in [9.17, 15) is 4.79 Å². The lowest BCUT2D eigenvalue weighted by Crippen LogP contribution is -2.04. The van der Waals surface area contributed by atoms with Crippen LogP contribution in [-0.2, 0) is 6.42 Å². The van der Waals surface area contributed by atoms with Gasteiger partial charge in [-0.25, -0.2) is 4.79 Å². The third kappa shape index (κ3) is 2.99. The Kier molecular flexibility index (Phi) is 4.08. The summed E-state index contributed by atoms with van der Waals surface area (Å²) in [4.78, 5) is 10.7. The van der Waals surface area contributed by atoms with E-state index in [4.69, 9.17) is 9.84 Å². The molecule has 0 bridgehead atoms. The van der Waals surface area contributed by atoms with Crippen molar-refractivity contribution in [3.63, 3.8) is 0 Å². The third-order valence-electron chi connectivity index (χ3n) is 3.34. The highest BCUT2D eigenvalue weighted by molar-refractivity contribution is 5.85. The molecule has 0 aliphatic rings. The number of carboxylic acids is 1. The zero-order valence-corrected chi connectivity index (χ0v) is 11.9. The quantitative estimate of drug-likeness (QED) is 0.879. The fraction of sp³-hybridized carbons (Fsp3) is 0.333. The van der Waals surface area contributed by atoms with Gasteiger partial charge in [0.25, 0.3) is 0 Å². The molecule has 1 aromatic heterocycles. The van der Waals surface area contributed by atoms with Crippen LogP contribution in [-0.4, -0.2) is 27.9 Å². The number of rotatable bonds is 5. The van der Waals surface area contributed by atoms with Crippen LogP contribution in [0.5, 0.6) is 5.75 Å². The van der Waals surface area contributed by atoms with Gasteiger partial charge >= 0.3 is 5.97 Å². The molecule has 20 heavy (non-hydrogen) atoms. The largest absolute Gasteiger partial charge is 0.493 e. The van der Waals surface area contributed by atoms with E-state index in [1.807, 2.05) is 19.9 Å². The van der Waals surface area contributed by atoms with Crippen LogP contribution in [0, 0.1) is 20.8 Å². The summed E-state index contributed by atoms with van der Waals surface area (Å²) in [6.07, 6.45) is 0.590. The lowest BCUT2D eigenvalue weighted by molar-refractivity contribution is 0.0690. The van der Waals surface area contributed by atoms with Crippen LogP contribution in [0.2, 0.25) is 0 Å². The van der Waals surface area contributed by atoms with Gasteiger partial charge in [-0.3, -0.25) is 5.10 Å². The number of carboxylic acid groups (broad SMARTS) is 1. The molecule has 1 aromatic carbocycles. The number of benzene rings is 1. The van der Waals surface area contributed by atoms with Crippen LogP contribution >= 0.6 is 0 Å². The van der Waals surface area contributed by atoms with Crippen molar-refractivity contribution in [2.45, 2.75) is 27.2 Å². The molecule has 5 nitrogen and oxygen atoms in total. The fourth-order valence-electron chi connectivity index (χ4n) is 2.01. The SMILES string of the molecule is Cc1ccc(C)c(OCCc2cc(C(=O)O)n[nH]2)c1C. The van der Waals surface area contributed by atoms with Gasteiger partial charge in [0.15, 0.2) is 5.69 Å². The Morgan fingerprint density at radius 2 is 2.00 bits per heavy atom. The first-order chi connectivity index (χ1) is 9.49. The van der Waals surface area contributed by atoms with Gasteiger partial charge in [-0.1, -0.05) is 12.1 Å². The summed E-state index contributed by atoms with van der Waals surface area (Å²) in [6, 6.07) is 5.64. The van der Waals surface area contributed by atoms with Crippen molar-refractivity contribution in [1.29, 1.82) is 0 Å². The predicted molar refractivity (Wildman–Crippen MR) is 75.4 cm³/mol. The molecule has 5 heteroatoms. The van der Waals surface area contributed by atoms with Crippen molar-refractivity contribution in [2.75, 3.05) is 6.61 Å². The van der Waals surface area contributed by atoms with Crippen LogP contribution < -0.4 is 4.74 Å². The van der Waals surface area contributed by atoms with Gasteiger partial charge in [0.05, 0.1) is 6.61 Å². The highest BCUT2D eigenvalue weighted by Crippen LogP contribution is 2.25. The van der Waals surface area contributed by atoms with E-state index in [2.05, 4.69) is 23.2 Å². The minimum atomic E-state index is -1.03. The first-order valence-corrected chi connectivity index (χ1v) is 6.46. The summed E-state index contributed by atoms with van der Waals surface area (Å²) < 4.78 is 5.83. The van der Waals surface area contributed by atoms with Crippen LogP contribution in [0.3, 0.4) is 0 Å². The molecular formula is C15H18N2O3. The van der Waals surface area contributed by atoms with Crippen molar-refractivity contribution in [1.82, 2.24) is 10.2 Å². The van der Waals surface area contributed by atoms with Gasteiger partial charge in [0, 0.05) is 12.1 Å². The topological polar surface area (TPSA) is 75.2 Å². The van der Waals surface area contributed by atoms with E-state index in [1.54, 1.807) is 0 Å². The van der Waals surface area contributed by atoms with Gasteiger partial charge in [0.2, 0.25) is 0 Å². The number of hydrogen-bond donors (Lipinski definition) is 2. The summed E-state index contributed by atoms with van der Waals surface area (Å²) in [6.45, 7) is 6.58. The minimum absolute atomic E-state index is 0.0305. The van der Waals surface area contributed by atoms with Gasteiger partial charge in [-0.15, -0.1) is 0 Å². The van der Waals surface area contributed by atoms with E-state index in [0.29, 0.717) is 13.0 Å². The molecule has 0 atom stereocenters. The maximum atomic E-state index is 10.7. The molecule has 0 fully saturated rings. The normalized spacial score (nSPS) is 10.6. The maximum Gasteiger partial charge on any atom is 0.356 e. The average Bonchev–Trinajstić information content (AvgIpc) is 2.87. The molecule has 0 amide bonds. The molecule has 0 aliphatic heterocycles. The molecule has 106 valence electrons. The summed E-state index contributed by atoms with van der Waals surface area (Å²) >= 11 is 0.